The number of nitrogens with one attached hydrogen (secondary N) is 1. The molecule has 0 unspecified atom stereocenters. The molecule has 0 bridgehead atoms. The first-order valence-electron chi connectivity index (χ1n) is 8.35. The number of halogens is 1. The highest BCUT2D eigenvalue weighted by atomic mass is 127. The maximum Gasteiger partial charge on any atom is 0.193 e. The van der Waals surface area contributed by atoms with Gasteiger partial charge in [-0.2, -0.15) is 0 Å². The van der Waals surface area contributed by atoms with E-state index in [1.165, 1.54) is 64.7 Å². The molecule has 2 heterocycles. The standard InChI is InChI=1S/C16H30N4.HI/c1-17-15(18-12-14-4-9-19(2)10-5-14)20-11-8-16(13-20)6-3-7-16;/h14H,3-13H2,1-2H3,(H,17,18);1H. The molecule has 0 aromatic rings. The van der Waals surface area contributed by atoms with Crippen molar-refractivity contribution in [1.29, 1.82) is 0 Å². The van der Waals surface area contributed by atoms with Crippen LogP contribution in [0.15, 0.2) is 4.99 Å². The number of aliphatic imine (C=N–C) groups is 1. The van der Waals surface area contributed by atoms with Crippen LogP contribution in [0.2, 0.25) is 0 Å². The van der Waals surface area contributed by atoms with E-state index in [0.717, 1.165) is 18.4 Å². The Morgan fingerprint density at radius 2 is 1.90 bits per heavy atom. The first-order valence-corrected chi connectivity index (χ1v) is 8.35. The summed E-state index contributed by atoms with van der Waals surface area (Å²) in [7, 11) is 4.16. The Balaban J connectivity index is 0.00000161. The fourth-order valence-corrected chi connectivity index (χ4v) is 4.03. The highest BCUT2D eigenvalue weighted by molar-refractivity contribution is 14.0. The molecule has 2 aliphatic heterocycles. The summed E-state index contributed by atoms with van der Waals surface area (Å²) in [5.74, 6) is 1.97. The third-order valence-corrected chi connectivity index (χ3v) is 5.75. The summed E-state index contributed by atoms with van der Waals surface area (Å²) in [6.45, 7) is 6.03. The Bertz CT molecular complexity index is 359. The van der Waals surface area contributed by atoms with E-state index in [0.29, 0.717) is 5.41 Å². The van der Waals surface area contributed by atoms with Gasteiger partial charge in [-0.05, 0) is 63.6 Å². The van der Waals surface area contributed by atoms with Crippen molar-refractivity contribution in [1.82, 2.24) is 15.1 Å². The minimum Gasteiger partial charge on any atom is -0.356 e. The van der Waals surface area contributed by atoms with E-state index in [-0.39, 0.29) is 24.0 Å². The molecule has 0 radical (unpaired) electrons. The number of likely N-dealkylation sites (tertiary alicyclic amines) is 2. The molecule has 1 aliphatic carbocycles. The van der Waals surface area contributed by atoms with Crippen molar-refractivity contribution >= 4 is 29.9 Å². The molecule has 21 heavy (non-hydrogen) atoms. The Hall–Kier alpha value is -0.0400. The number of hydrogen-bond donors (Lipinski definition) is 1. The maximum atomic E-state index is 4.51. The number of piperidine rings is 1. The van der Waals surface area contributed by atoms with Gasteiger partial charge in [-0.15, -0.1) is 24.0 Å². The average Bonchev–Trinajstić information content (AvgIpc) is 2.87. The van der Waals surface area contributed by atoms with Crippen molar-refractivity contribution in [3.05, 3.63) is 0 Å². The summed E-state index contributed by atoms with van der Waals surface area (Å²) >= 11 is 0. The zero-order valence-corrected chi connectivity index (χ0v) is 15.9. The molecule has 3 rings (SSSR count). The zero-order valence-electron chi connectivity index (χ0n) is 13.6. The highest BCUT2D eigenvalue weighted by Gasteiger charge is 2.43. The molecule has 3 aliphatic rings. The number of rotatable bonds is 2. The van der Waals surface area contributed by atoms with Crippen LogP contribution in [-0.2, 0) is 0 Å². The normalized spacial score (nSPS) is 26.6. The third-order valence-electron chi connectivity index (χ3n) is 5.75. The first kappa shape index (κ1) is 17.3. The first-order chi connectivity index (χ1) is 9.71. The van der Waals surface area contributed by atoms with E-state index in [2.05, 4.69) is 27.2 Å². The maximum absolute atomic E-state index is 4.51. The smallest absolute Gasteiger partial charge is 0.193 e. The largest absolute Gasteiger partial charge is 0.356 e. The summed E-state index contributed by atoms with van der Waals surface area (Å²) in [4.78, 5) is 9.45. The van der Waals surface area contributed by atoms with Gasteiger partial charge in [-0.3, -0.25) is 4.99 Å². The van der Waals surface area contributed by atoms with Crippen molar-refractivity contribution in [2.24, 2.45) is 16.3 Å². The Morgan fingerprint density at radius 1 is 1.19 bits per heavy atom. The second-order valence-corrected chi connectivity index (χ2v) is 7.20. The SMILES string of the molecule is CN=C(NCC1CCN(C)CC1)N1CCC2(CCC2)C1.I. The summed E-state index contributed by atoms with van der Waals surface area (Å²) < 4.78 is 0. The lowest BCUT2D eigenvalue weighted by molar-refractivity contribution is 0.151. The van der Waals surface area contributed by atoms with Gasteiger partial charge in [0.2, 0.25) is 0 Å². The van der Waals surface area contributed by atoms with Crippen LogP contribution in [0.4, 0.5) is 0 Å². The summed E-state index contributed by atoms with van der Waals surface area (Å²) in [6.07, 6.45) is 8.34. The minimum absolute atomic E-state index is 0. The second-order valence-electron chi connectivity index (χ2n) is 7.20. The number of nitrogens with zero attached hydrogens (tertiary/aromatic N) is 3. The van der Waals surface area contributed by atoms with E-state index in [4.69, 9.17) is 0 Å². The van der Waals surface area contributed by atoms with Crippen molar-refractivity contribution in [3.8, 4) is 0 Å². The number of hydrogen-bond acceptors (Lipinski definition) is 2. The fraction of sp³-hybridized carbons (Fsp3) is 0.938. The van der Waals surface area contributed by atoms with Crippen molar-refractivity contribution in [2.45, 2.75) is 38.5 Å². The zero-order chi connectivity index (χ0) is 14.0. The van der Waals surface area contributed by atoms with E-state index in [1.54, 1.807) is 0 Å². The Morgan fingerprint density at radius 3 is 2.43 bits per heavy atom. The van der Waals surface area contributed by atoms with Gasteiger partial charge in [0.1, 0.15) is 0 Å². The number of guanidine groups is 1. The molecule has 122 valence electrons. The Kier molecular flexibility index (Phi) is 6.17. The molecular weight excluding hydrogens is 375 g/mol. The molecule has 2 saturated heterocycles. The van der Waals surface area contributed by atoms with Crippen LogP contribution in [0.5, 0.6) is 0 Å². The van der Waals surface area contributed by atoms with Crippen LogP contribution in [-0.4, -0.2) is 62.6 Å². The molecule has 0 aromatic carbocycles. The van der Waals surface area contributed by atoms with Crippen molar-refractivity contribution in [3.63, 3.8) is 0 Å². The van der Waals surface area contributed by atoms with E-state index >= 15 is 0 Å². The molecule has 5 heteroatoms. The molecule has 1 saturated carbocycles. The predicted octanol–water partition coefficient (Wildman–Crippen LogP) is 2.40. The Labute approximate surface area is 146 Å². The highest BCUT2D eigenvalue weighted by Crippen LogP contribution is 2.47. The van der Waals surface area contributed by atoms with Gasteiger partial charge in [0.25, 0.3) is 0 Å². The van der Waals surface area contributed by atoms with E-state index in [1.807, 2.05) is 7.05 Å². The third kappa shape index (κ3) is 4.03. The molecule has 0 aromatic heterocycles. The summed E-state index contributed by atoms with van der Waals surface area (Å²) in [6, 6.07) is 0. The van der Waals surface area contributed by atoms with Gasteiger partial charge in [0, 0.05) is 26.7 Å². The summed E-state index contributed by atoms with van der Waals surface area (Å²) in [5, 5.41) is 3.64. The molecule has 3 fully saturated rings. The predicted molar refractivity (Wildman–Crippen MR) is 99.5 cm³/mol. The van der Waals surface area contributed by atoms with Gasteiger partial charge in [-0.1, -0.05) is 6.42 Å². The van der Waals surface area contributed by atoms with Crippen molar-refractivity contribution in [2.75, 3.05) is 46.8 Å². The van der Waals surface area contributed by atoms with Crippen LogP contribution < -0.4 is 5.32 Å². The van der Waals surface area contributed by atoms with E-state index in [9.17, 15) is 0 Å². The van der Waals surface area contributed by atoms with Gasteiger partial charge in [-0.25, -0.2) is 0 Å². The fourth-order valence-electron chi connectivity index (χ4n) is 4.03. The second kappa shape index (κ2) is 7.49. The quantitative estimate of drug-likeness (QED) is 0.434. The molecule has 1 N–H and O–H groups in total. The average molecular weight is 406 g/mol. The molecule has 0 atom stereocenters. The van der Waals surface area contributed by atoms with Crippen LogP contribution in [0.25, 0.3) is 0 Å². The molecule has 4 nitrogen and oxygen atoms in total. The van der Waals surface area contributed by atoms with Gasteiger partial charge in [0.05, 0.1) is 0 Å². The minimum atomic E-state index is 0. The lowest BCUT2D eigenvalue weighted by atomic mass is 9.68. The molecule has 1 spiro atoms. The van der Waals surface area contributed by atoms with Crippen molar-refractivity contribution < 1.29 is 0 Å². The topological polar surface area (TPSA) is 30.9 Å². The van der Waals surface area contributed by atoms with E-state index < -0.39 is 0 Å². The van der Waals surface area contributed by atoms with Crippen LogP contribution in [0, 0.1) is 11.3 Å². The lowest BCUT2D eigenvalue weighted by Crippen LogP contribution is -2.45. The van der Waals surface area contributed by atoms with Gasteiger partial charge in [0.15, 0.2) is 5.96 Å². The van der Waals surface area contributed by atoms with Crippen LogP contribution in [0.3, 0.4) is 0 Å². The lowest BCUT2D eigenvalue weighted by Gasteiger charge is -2.38. The monoisotopic (exact) mass is 406 g/mol. The van der Waals surface area contributed by atoms with Gasteiger partial charge < -0.3 is 15.1 Å². The van der Waals surface area contributed by atoms with Gasteiger partial charge >= 0.3 is 0 Å². The molecule has 0 amide bonds. The summed E-state index contributed by atoms with van der Waals surface area (Å²) in [5.41, 5.74) is 0.658. The van der Waals surface area contributed by atoms with Crippen LogP contribution in [0.1, 0.15) is 38.5 Å². The molecular formula is C16H31IN4. The van der Waals surface area contributed by atoms with Crippen LogP contribution >= 0.6 is 24.0 Å².